The highest BCUT2D eigenvalue weighted by Gasteiger charge is 2.45. The van der Waals surface area contributed by atoms with Crippen LogP contribution in [0, 0.1) is 5.92 Å². The lowest BCUT2D eigenvalue weighted by Crippen LogP contribution is -2.57. The second kappa shape index (κ2) is 18.6. The lowest BCUT2D eigenvalue weighted by Gasteiger charge is -2.32. The van der Waals surface area contributed by atoms with Gasteiger partial charge in [0.1, 0.15) is 30.3 Å². The number of carbonyl (C=O) groups excluding carboxylic acids is 7. The van der Waals surface area contributed by atoms with E-state index in [0.29, 0.717) is 23.1 Å². The second-order valence-electron chi connectivity index (χ2n) is 15.4. The summed E-state index contributed by atoms with van der Waals surface area (Å²) < 4.78 is 38.8. The second-order valence-corrected chi connectivity index (χ2v) is 15.4. The van der Waals surface area contributed by atoms with E-state index in [2.05, 4.69) is 16.0 Å². The first kappa shape index (κ1) is 43.3. The number of likely N-dealkylation sites (tertiary alicyclic amines) is 1. The van der Waals surface area contributed by atoms with Crippen LogP contribution in [-0.2, 0) is 40.1 Å². The third-order valence-electron chi connectivity index (χ3n) is 10.0. The number of rotatable bonds is 16. The standard InChI is InChI=1S/C43H48F2N4O9/c1-6-24(2)36(48-39(53)30-18-12-17-28-27-15-10-11-16-29(27)37(51)35(28)30)42(56)49-22-26(57-23-25-13-8-7-9-14-25)19-32(49)40(54)47-31(20-33(44)45)38(52)41(55)46-21-34(50)58-43(3,4)5/h7-18,24,26,31-33,36H,6,19-23H2,1-5H3,(H,46,55)(H,47,54)(H,48,53)/t24-,26-,31+,32+,36+/m1/s1. The number of ether oxygens (including phenoxy) is 2. The molecule has 13 nitrogen and oxygen atoms in total. The number of amides is 4. The predicted octanol–water partition coefficient (Wildman–Crippen LogP) is 4.40. The largest absolute Gasteiger partial charge is 0.459 e. The van der Waals surface area contributed by atoms with Gasteiger partial charge in [-0.1, -0.05) is 87.0 Å². The van der Waals surface area contributed by atoms with Gasteiger partial charge in [0.25, 0.3) is 11.8 Å². The van der Waals surface area contributed by atoms with Gasteiger partial charge in [-0.25, -0.2) is 8.78 Å². The smallest absolute Gasteiger partial charge is 0.325 e. The first-order valence-corrected chi connectivity index (χ1v) is 19.1. The number of alkyl halides is 2. The molecule has 0 aromatic heterocycles. The van der Waals surface area contributed by atoms with Crippen molar-refractivity contribution in [2.24, 2.45) is 5.92 Å². The van der Waals surface area contributed by atoms with Crippen molar-refractivity contribution < 1.29 is 51.8 Å². The lowest BCUT2D eigenvalue weighted by atomic mass is 9.95. The fraction of sp³-hybridized carbons (Fsp3) is 0.419. The number of nitrogens with zero attached hydrogens (tertiary/aromatic N) is 1. The van der Waals surface area contributed by atoms with Gasteiger partial charge in [-0.15, -0.1) is 0 Å². The molecule has 2 aliphatic rings. The van der Waals surface area contributed by atoms with Crippen molar-refractivity contribution in [3.63, 3.8) is 0 Å². The Morgan fingerprint density at radius 3 is 2.19 bits per heavy atom. The molecule has 3 aromatic rings. The highest BCUT2D eigenvalue weighted by atomic mass is 19.3. The van der Waals surface area contributed by atoms with E-state index in [-0.39, 0.29) is 36.5 Å². The quantitative estimate of drug-likeness (QED) is 0.110. The highest BCUT2D eigenvalue weighted by Crippen LogP contribution is 2.38. The van der Waals surface area contributed by atoms with Crippen LogP contribution in [0.1, 0.15) is 85.7 Å². The molecular weight excluding hydrogens is 754 g/mol. The summed E-state index contributed by atoms with van der Waals surface area (Å²) in [5.74, 6) is -6.88. The number of ketones is 2. The molecule has 1 heterocycles. The van der Waals surface area contributed by atoms with E-state index in [1.807, 2.05) is 37.3 Å². The zero-order chi connectivity index (χ0) is 42.3. The number of hydrogen-bond donors (Lipinski definition) is 3. The van der Waals surface area contributed by atoms with Crippen LogP contribution < -0.4 is 16.0 Å². The van der Waals surface area contributed by atoms with Crippen molar-refractivity contribution in [1.82, 2.24) is 20.9 Å². The molecule has 1 fully saturated rings. The van der Waals surface area contributed by atoms with Crippen molar-refractivity contribution in [3.8, 4) is 11.1 Å². The van der Waals surface area contributed by atoms with E-state index in [0.717, 1.165) is 5.56 Å². The zero-order valence-electron chi connectivity index (χ0n) is 33.0. The van der Waals surface area contributed by atoms with Crippen molar-refractivity contribution in [1.29, 1.82) is 0 Å². The first-order chi connectivity index (χ1) is 27.5. The lowest BCUT2D eigenvalue weighted by molar-refractivity contribution is -0.155. The number of esters is 1. The Morgan fingerprint density at radius 2 is 1.53 bits per heavy atom. The van der Waals surface area contributed by atoms with E-state index < -0.39 is 90.5 Å². The average molecular weight is 803 g/mol. The van der Waals surface area contributed by atoms with Crippen LogP contribution in [0.5, 0.6) is 0 Å². The van der Waals surface area contributed by atoms with Gasteiger partial charge in [0, 0.05) is 30.5 Å². The SMILES string of the molecule is CC[C@@H](C)[C@H](NC(=O)c1cccc2c1C(=O)c1ccccc1-2)C(=O)N1C[C@H](OCc2ccccc2)C[C@H]1C(=O)N[C@@H](CC(F)F)C(=O)C(=O)NCC(=O)OC(C)(C)C. The number of carbonyl (C=O) groups is 7. The fourth-order valence-electron chi connectivity index (χ4n) is 6.99. The van der Waals surface area contributed by atoms with Gasteiger partial charge in [0.05, 0.1) is 18.3 Å². The normalized spacial score (nSPS) is 17.4. The summed E-state index contributed by atoms with van der Waals surface area (Å²) in [7, 11) is 0. The molecule has 1 saturated heterocycles. The topological polar surface area (TPSA) is 177 Å². The molecule has 0 saturated carbocycles. The molecule has 58 heavy (non-hydrogen) atoms. The average Bonchev–Trinajstić information content (AvgIpc) is 3.75. The minimum atomic E-state index is -3.12. The third kappa shape index (κ3) is 10.4. The van der Waals surface area contributed by atoms with Gasteiger partial charge < -0.3 is 30.3 Å². The molecule has 308 valence electrons. The molecule has 5 atom stereocenters. The fourth-order valence-corrected chi connectivity index (χ4v) is 6.99. The third-order valence-corrected chi connectivity index (χ3v) is 10.0. The van der Waals surface area contributed by atoms with E-state index in [4.69, 9.17) is 9.47 Å². The van der Waals surface area contributed by atoms with Gasteiger partial charge in [-0.3, -0.25) is 33.6 Å². The van der Waals surface area contributed by atoms with E-state index in [1.54, 1.807) is 64.1 Å². The van der Waals surface area contributed by atoms with E-state index in [9.17, 15) is 42.3 Å². The Labute approximate surface area is 335 Å². The summed E-state index contributed by atoms with van der Waals surface area (Å²) in [5, 5.41) is 7.11. The van der Waals surface area contributed by atoms with E-state index >= 15 is 0 Å². The Bertz CT molecular complexity index is 2050. The molecule has 15 heteroatoms. The Kier molecular flexibility index (Phi) is 13.9. The summed E-state index contributed by atoms with van der Waals surface area (Å²) in [6, 6.07) is 16.4. The number of nitrogens with one attached hydrogen (secondary N) is 3. The molecule has 0 unspecified atom stereocenters. The van der Waals surface area contributed by atoms with Gasteiger partial charge in [0.2, 0.25) is 24.0 Å². The summed E-state index contributed by atoms with van der Waals surface area (Å²) >= 11 is 0. The minimum Gasteiger partial charge on any atom is -0.459 e. The van der Waals surface area contributed by atoms with Crippen molar-refractivity contribution in [2.75, 3.05) is 13.1 Å². The van der Waals surface area contributed by atoms with Crippen LogP contribution in [0.2, 0.25) is 0 Å². The molecule has 0 radical (unpaired) electrons. The minimum absolute atomic E-state index is 0.0675. The number of halogens is 2. The molecular formula is C43H48F2N4O9. The van der Waals surface area contributed by atoms with Crippen LogP contribution >= 0.6 is 0 Å². The maximum absolute atomic E-state index is 14.6. The van der Waals surface area contributed by atoms with Gasteiger partial charge in [-0.2, -0.15) is 0 Å². The monoisotopic (exact) mass is 802 g/mol. The van der Waals surface area contributed by atoms with Gasteiger partial charge in [-0.05, 0) is 49.4 Å². The van der Waals surface area contributed by atoms with Crippen LogP contribution in [0.15, 0.2) is 72.8 Å². The summed E-state index contributed by atoms with van der Waals surface area (Å²) in [6.07, 6.45) is -4.78. The highest BCUT2D eigenvalue weighted by molar-refractivity contribution is 6.38. The molecule has 4 amide bonds. The zero-order valence-corrected chi connectivity index (χ0v) is 33.0. The summed E-state index contributed by atoms with van der Waals surface area (Å²) in [5.41, 5.74) is 1.90. The van der Waals surface area contributed by atoms with Crippen LogP contribution in [0.25, 0.3) is 11.1 Å². The molecule has 0 spiro atoms. The number of fused-ring (bicyclic) bond motifs is 3. The predicted molar refractivity (Wildman–Crippen MR) is 208 cm³/mol. The Balaban J connectivity index is 1.39. The number of hydrogen-bond acceptors (Lipinski definition) is 9. The maximum atomic E-state index is 14.6. The Morgan fingerprint density at radius 1 is 0.879 bits per heavy atom. The molecule has 3 aromatic carbocycles. The van der Waals surface area contributed by atoms with Crippen LogP contribution in [0.3, 0.4) is 0 Å². The van der Waals surface area contributed by atoms with Crippen molar-refractivity contribution in [2.45, 2.75) is 96.7 Å². The van der Waals surface area contributed by atoms with Crippen LogP contribution in [-0.4, -0.2) is 95.4 Å². The number of benzene rings is 3. The molecule has 5 rings (SSSR count). The molecule has 0 bridgehead atoms. The maximum Gasteiger partial charge on any atom is 0.325 e. The Hall–Kier alpha value is -5.83. The van der Waals surface area contributed by atoms with Gasteiger partial charge >= 0.3 is 5.97 Å². The molecule has 1 aliphatic carbocycles. The molecule has 1 aliphatic heterocycles. The summed E-state index contributed by atoms with van der Waals surface area (Å²) in [4.78, 5) is 95.3. The number of Topliss-reactive ketones (excluding diaryl/α,β-unsaturated/α-hetero) is 1. The summed E-state index contributed by atoms with van der Waals surface area (Å²) in [6.45, 7) is 7.59. The van der Waals surface area contributed by atoms with E-state index in [1.165, 1.54) is 11.0 Å². The molecule has 3 N–H and O–H groups in total. The first-order valence-electron chi connectivity index (χ1n) is 19.1. The van der Waals surface area contributed by atoms with Crippen molar-refractivity contribution >= 4 is 41.2 Å². The van der Waals surface area contributed by atoms with Gasteiger partial charge in [0.15, 0.2) is 5.78 Å². The van der Waals surface area contributed by atoms with Crippen LogP contribution in [0.4, 0.5) is 8.78 Å². The van der Waals surface area contributed by atoms with Crippen molar-refractivity contribution in [3.05, 3.63) is 95.1 Å².